The lowest BCUT2D eigenvalue weighted by Crippen LogP contribution is -2.43. The van der Waals surface area contributed by atoms with Gasteiger partial charge in [-0.1, -0.05) is 35.5 Å². The van der Waals surface area contributed by atoms with Gasteiger partial charge < -0.3 is 20.9 Å². The quantitative estimate of drug-likeness (QED) is 0.327. The standard InChI is InChI=1S/C15H21N3O3/c1-15(20)7-8-18(10-15)14(19)12(13(16)17-21)9-11-5-3-2-4-6-11/h2-6,12,20-21H,7-10H2,1H3,(H2,16,17). The molecule has 1 saturated heterocycles. The molecule has 0 aromatic heterocycles. The molecule has 1 aromatic carbocycles. The van der Waals surface area contributed by atoms with Crippen molar-refractivity contribution in [3.8, 4) is 0 Å². The van der Waals surface area contributed by atoms with Gasteiger partial charge in [-0.25, -0.2) is 0 Å². The summed E-state index contributed by atoms with van der Waals surface area (Å²) < 4.78 is 0. The van der Waals surface area contributed by atoms with E-state index in [1.807, 2.05) is 30.3 Å². The number of amidine groups is 1. The summed E-state index contributed by atoms with van der Waals surface area (Å²) in [5, 5.41) is 21.9. The molecule has 2 unspecified atom stereocenters. The normalized spacial score (nSPS) is 24.1. The van der Waals surface area contributed by atoms with Crippen LogP contribution in [-0.2, 0) is 11.2 Å². The van der Waals surface area contributed by atoms with Crippen molar-refractivity contribution in [2.24, 2.45) is 16.8 Å². The Kier molecular flexibility index (Phi) is 4.47. The van der Waals surface area contributed by atoms with E-state index in [2.05, 4.69) is 5.16 Å². The zero-order chi connectivity index (χ0) is 15.5. The first-order valence-corrected chi connectivity index (χ1v) is 6.95. The number of likely N-dealkylation sites (tertiary alicyclic amines) is 1. The van der Waals surface area contributed by atoms with Gasteiger partial charge in [0.1, 0.15) is 5.92 Å². The first-order valence-electron chi connectivity index (χ1n) is 6.95. The molecule has 0 bridgehead atoms. The second-order valence-corrected chi connectivity index (χ2v) is 5.77. The predicted octanol–water partition coefficient (Wildman–Crippen LogP) is 0.575. The Morgan fingerprint density at radius 1 is 1.48 bits per heavy atom. The maximum Gasteiger partial charge on any atom is 0.233 e. The van der Waals surface area contributed by atoms with Crippen molar-refractivity contribution in [1.82, 2.24) is 4.90 Å². The van der Waals surface area contributed by atoms with Crippen molar-refractivity contribution < 1.29 is 15.1 Å². The third-order valence-electron chi connectivity index (χ3n) is 3.82. The number of β-amino-alcohol motifs (C(OH)–C–C–N with tert-alkyl or cyclic N) is 1. The number of oxime groups is 1. The number of hydrogen-bond donors (Lipinski definition) is 3. The number of hydrogen-bond acceptors (Lipinski definition) is 4. The van der Waals surface area contributed by atoms with Gasteiger partial charge in [0, 0.05) is 13.1 Å². The number of benzene rings is 1. The lowest BCUT2D eigenvalue weighted by molar-refractivity contribution is -0.133. The third kappa shape index (κ3) is 3.72. The Bertz CT molecular complexity index is 528. The zero-order valence-electron chi connectivity index (χ0n) is 12.1. The Balaban J connectivity index is 2.15. The highest BCUT2D eigenvalue weighted by Crippen LogP contribution is 2.23. The van der Waals surface area contributed by atoms with E-state index in [0.717, 1.165) is 5.56 Å². The van der Waals surface area contributed by atoms with Crippen LogP contribution in [0, 0.1) is 5.92 Å². The molecule has 6 nitrogen and oxygen atoms in total. The molecule has 2 rings (SSSR count). The van der Waals surface area contributed by atoms with Gasteiger partial charge in [0.25, 0.3) is 0 Å². The smallest absolute Gasteiger partial charge is 0.233 e. The molecule has 114 valence electrons. The topological polar surface area (TPSA) is 99.2 Å². The van der Waals surface area contributed by atoms with Gasteiger partial charge in [-0.3, -0.25) is 4.79 Å². The fraction of sp³-hybridized carbons (Fsp3) is 0.467. The summed E-state index contributed by atoms with van der Waals surface area (Å²) in [6.07, 6.45) is 0.904. The fourth-order valence-electron chi connectivity index (χ4n) is 2.59. The monoisotopic (exact) mass is 291 g/mol. The van der Waals surface area contributed by atoms with Crippen LogP contribution in [0.15, 0.2) is 35.5 Å². The van der Waals surface area contributed by atoms with E-state index in [0.29, 0.717) is 19.4 Å². The number of rotatable bonds is 4. The lowest BCUT2D eigenvalue weighted by Gasteiger charge is -2.24. The van der Waals surface area contributed by atoms with E-state index in [9.17, 15) is 9.90 Å². The largest absolute Gasteiger partial charge is 0.409 e. The number of nitrogens with zero attached hydrogens (tertiary/aromatic N) is 2. The van der Waals surface area contributed by atoms with Crippen molar-refractivity contribution in [3.05, 3.63) is 35.9 Å². The molecular formula is C15H21N3O3. The number of nitrogens with two attached hydrogens (primary N) is 1. The average molecular weight is 291 g/mol. The second kappa shape index (κ2) is 6.13. The Labute approximate surface area is 123 Å². The lowest BCUT2D eigenvalue weighted by atomic mass is 9.97. The van der Waals surface area contributed by atoms with Crippen molar-refractivity contribution in [1.29, 1.82) is 0 Å². The fourth-order valence-corrected chi connectivity index (χ4v) is 2.59. The number of amides is 1. The molecular weight excluding hydrogens is 270 g/mol. The SMILES string of the molecule is CC1(O)CCN(C(=O)C(Cc2ccccc2)/C(N)=N/O)C1. The van der Waals surface area contributed by atoms with Gasteiger partial charge >= 0.3 is 0 Å². The molecule has 1 aliphatic heterocycles. The molecule has 0 spiro atoms. The molecule has 21 heavy (non-hydrogen) atoms. The molecule has 1 amide bonds. The second-order valence-electron chi connectivity index (χ2n) is 5.77. The summed E-state index contributed by atoms with van der Waals surface area (Å²) in [5.41, 5.74) is 5.77. The minimum absolute atomic E-state index is 0.101. The minimum atomic E-state index is -0.863. The molecule has 0 radical (unpaired) electrons. The highest BCUT2D eigenvalue weighted by molar-refractivity contribution is 6.02. The van der Waals surface area contributed by atoms with E-state index in [1.54, 1.807) is 11.8 Å². The molecule has 4 N–H and O–H groups in total. The van der Waals surface area contributed by atoms with Gasteiger partial charge in [0.05, 0.1) is 5.60 Å². The molecule has 2 atom stereocenters. The van der Waals surface area contributed by atoms with Gasteiger partial charge in [-0.2, -0.15) is 0 Å². The zero-order valence-corrected chi connectivity index (χ0v) is 12.1. The van der Waals surface area contributed by atoms with Crippen molar-refractivity contribution >= 4 is 11.7 Å². The number of aliphatic hydroxyl groups is 1. The summed E-state index contributed by atoms with van der Waals surface area (Å²) >= 11 is 0. The van der Waals surface area contributed by atoms with Crippen LogP contribution >= 0.6 is 0 Å². The summed E-state index contributed by atoms with van der Waals surface area (Å²) in [7, 11) is 0. The summed E-state index contributed by atoms with van der Waals surface area (Å²) in [6.45, 7) is 2.46. The maximum atomic E-state index is 12.6. The number of carbonyl (C=O) groups excluding carboxylic acids is 1. The van der Waals surface area contributed by atoms with E-state index in [1.165, 1.54) is 0 Å². The molecule has 1 heterocycles. The van der Waals surface area contributed by atoms with Crippen LogP contribution in [0.4, 0.5) is 0 Å². The van der Waals surface area contributed by atoms with Gasteiger partial charge in [0.2, 0.25) is 5.91 Å². The van der Waals surface area contributed by atoms with Crippen molar-refractivity contribution in [2.45, 2.75) is 25.4 Å². The van der Waals surface area contributed by atoms with Crippen LogP contribution in [-0.4, -0.2) is 45.6 Å². The van der Waals surface area contributed by atoms with E-state index in [4.69, 9.17) is 10.9 Å². The first-order chi connectivity index (χ1) is 9.93. The molecule has 1 fully saturated rings. The van der Waals surface area contributed by atoms with Crippen LogP contribution in [0.25, 0.3) is 0 Å². The van der Waals surface area contributed by atoms with Gasteiger partial charge in [-0.05, 0) is 25.3 Å². The highest BCUT2D eigenvalue weighted by Gasteiger charge is 2.37. The molecule has 0 saturated carbocycles. The van der Waals surface area contributed by atoms with Gasteiger partial charge in [0.15, 0.2) is 5.84 Å². The van der Waals surface area contributed by atoms with Crippen LogP contribution in [0.1, 0.15) is 18.9 Å². The third-order valence-corrected chi connectivity index (χ3v) is 3.82. The number of carbonyl (C=O) groups is 1. The summed E-state index contributed by atoms with van der Waals surface area (Å²) in [4.78, 5) is 14.2. The highest BCUT2D eigenvalue weighted by atomic mass is 16.4. The maximum absolute atomic E-state index is 12.6. The molecule has 1 aromatic rings. The van der Waals surface area contributed by atoms with E-state index >= 15 is 0 Å². The van der Waals surface area contributed by atoms with E-state index < -0.39 is 11.5 Å². The average Bonchev–Trinajstić information content (AvgIpc) is 2.84. The molecule has 0 aliphatic carbocycles. The summed E-state index contributed by atoms with van der Waals surface area (Å²) in [6, 6.07) is 9.44. The van der Waals surface area contributed by atoms with Crippen LogP contribution < -0.4 is 5.73 Å². The minimum Gasteiger partial charge on any atom is -0.409 e. The first kappa shape index (κ1) is 15.3. The molecule has 6 heteroatoms. The van der Waals surface area contributed by atoms with E-state index in [-0.39, 0.29) is 18.3 Å². The van der Waals surface area contributed by atoms with Crippen molar-refractivity contribution in [3.63, 3.8) is 0 Å². The summed E-state index contributed by atoms with van der Waals surface area (Å²) in [5.74, 6) is -1.03. The van der Waals surface area contributed by atoms with Crippen LogP contribution in [0.2, 0.25) is 0 Å². The van der Waals surface area contributed by atoms with Crippen LogP contribution in [0.3, 0.4) is 0 Å². The Hall–Kier alpha value is -2.08. The Morgan fingerprint density at radius 3 is 2.67 bits per heavy atom. The van der Waals surface area contributed by atoms with Crippen LogP contribution in [0.5, 0.6) is 0 Å². The van der Waals surface area contributed by atoms with Gasteiger partial charge in [-0.15, -0.1) is 0 Å². The molecule has 1 aliphatic rings. The predicted molar refractivity (Wildman–Crippen MR) is 78.9 cm³/mol. The Morgan fingerprint density at radius 2 is 2.14 bits per heavy atom. The van der Waals surface area contributed by atoms with Crippen molar-refractivity contribution in [2.75, 3.05) is 13.1 Å².